The summed E-state index contributed by atoms with van der Waals surface area (Å²) in [7, 11) is 1.48. The number of hydrogen-bond donors (Lipinski definition) is 1. The van der Waals surface area contributed by atoms with E-state index in [9.17, 15) is 9.59 Å². The number of benzene rings is 1. The average molecular weight is 530 g/mol. The SMILES string of the molecule is C=C1CCCC(=O)N1.CCC.CCCC.C[N-]C(=O)c1[c-]cccc1.[W+2]. The van der Waals surface area contributed by atoms with Crippen LogP contribution in [0.2, 0.25) is 0 Å². The number of piperidine rings is 1. The normalized spacial score (nSPS) is 11.6. The fraction of sp³-hybridized carbons (Fsp3) is 0.524. The van der Waals surface area contributed by atoms with Crippen LogP contribution in [0.5, 0.6) is 0 Å². The molecule has 0 unspecified atom stereocenters. The number of allylic oxidation sites excluding steroid dienone is 1. The monoisotopic (exact) mass is 530 g/mol. The van der Waals surface area contributed by atoms with Gasteiger partial charge in [-0.1, -0.05) is 53.5 Å². The topological polar surface area (TPSA) is 60.3 Å². The van der Waals surface area contributed by atoms with Gasteiger partial charge in [-0.05, 0) is 18.7 Å². The van der Waals surface area contributed by atoms with E-state index >= 15 is 0 Å². The minimum absolute atomic E-state index is 0. The summed E-state index contributed by atoms with van der Waals surface area (Å²) in [6.45, 7) is 12.2. The van der Waals surface area contributed by atoms with Gasteiger partial charge in [0, 0.05) is 12.1 Å². The second-order valence-electron chi connectivity index (χ2n) is 5.52. The average Bonchev–Trinajstić information content (AvgIpc) is 2.63. The van der Waals surface area contributed by atoms with Crippen LogP contribution in [0, 0.1) is 6.07 Å². The van der Waals surface area contributed by atoms with Gasteiger partial charge in [0.15, 0.2) is 0 Å². The van der Waals surface area contributed by atoms with Crippen LogP contribution >= 0.6 is 0 Å². The first-order chi connectivity index (χ1) is 12.0. The summed E-state index contributed by atoms with van der Waals surface area (Å²) in [5.41, 5.74) is 1.38. The Kier molecular flexibility index (Phi) is 24.4. The van der Waals surface area contributed by atoms with E-state index in [1.807, 2.05) is 6.07 Å². The van der Waals surface area contributed by atoms with E-state index in [4.69, 9.17) is 0 Å². The first-order valence-corrected chi connectivity index (χ1v) is 9.05. The number of amides is 2. The maximum absolute atomic E-state index is 10.8. The molecule has 1 aliphatic heterocycles. The van der Waals surface area contributed by atoms with Gasteiger partial charge < -0.3 is 15.4 Å². The van der Waals surface area contributed by atoms with E-state index in [1.165, 1.54) is 26.3 Å². The second kappa shape index (κ2) is 21.6. The number of hydrogen-bond acceptors (Lipinski definition) is 2. The Morgan fingerprint density at radius 3 is 2.08 bits per heavy atom. The molecule has 5 heteroatoms. The molecule has 26 heavy (non-hydrogen) atoms. The molecule has 146 valence electrons. The molecule has 1 saturated heterocycles. The molecule has 0 bridgehead atoms. The first kappa shape index (κ1) is 29.4. The Balaban J connectivity index is -0.000000297. The van der Waals surface area contributed by atoms with Gasteiger partial charge in [-0.2, -0.15) is 0 Å². The van der Waals surface area contributed by atoms with Crippen molar-refractivity contribution in [2.24, 2.45) is 0 Å². The van der Waals surface area contributed by atoms with Crippen molar-refractivity contribution >= 4 is 11.8 Å². The van der Waals surface area contributed by atoms with Crippen molar-refractivity contribution in [1.29, 1.82) is 0 Å². The van der Waals surface area contributed by atoms with Crippen LogP contribution in [0.1, 0.15) is 76.6 Å². The van der Waals surface area contributed by atoms with Crippen molar-refractivity contribution in [3.8, 4) is 0 Å². The van der Waals surface area contributed by atoms with Gasteiger partial charge in [0.05, 0.1) is 0 Å². The molecule has 1 fully saturated rings. The van der Waals surface area contributed by atoms with Gasteiger partial charge in [-0.3, -0.25) is 4.79 Å². The number of carbonyl (C=O) groups excluding carboxylic acids is 2. The van der Waals surface area contributed by atoms with Crippen molar-refractivity contribution in [2.75, 3.05) is 7.05 Å². The third-order valence-corrected chi connectivity index (χ3v) is 2.84. The summed E-state index contributed by atoms with van der Waals surface area (Å²) in [6.07, 6.45) is 6.47. The zero-order valence-corrected chi connectivity index (χ0v) is 19.9. The molecule has 4 nitrogen and oxygen atoms in total. The quantitative estimate of drug-likeness (QED) is 0.503. The van der Waals surface area contributed by atoms with Crippen molar-refractivity contribution in [2.45, 2.75) is 66.2 Å². The molecular weight excluding hydrogens is 496 g/mol. The Morgan fingerprint density at radius 2 is 1.77 bits per heavy atom. The number of rotatable bonds is 2. The molecule has 0 spiro atoms. The predicted molar refractivity (Wildman–Crippen MR) is 107 cm³/mol. The van der Waals surface area contributed by atoms with Gasteiger partial charge in [0.2, 0.25) is 5.91 Å². The molecular formula is C21H34N2O2W. The zero-order valence-electron chi connectivity index (χ0n) is 16.9. The van der Waals surface area contributed by atoms with E-state index in [2.05, 4.69) is 51.0 Å². The largest absolute Gasteiger partial charge is 2.00 e. The molecule has 0 aromatic heterocycles. The summed E-state index contributed by atoms with van der Waals surface area (Å²) < 4.78 is 0. The van der Waals surface area contributed by atoms with E-state index < -0.39 is 0 Å². The van der Waals surface area contributed by atoms with Gasteiger partial charge in [-0.25, -0.2) is 0 Å². The van der Waals surface area contributed by atoms with E-state index in [1.54, 1.807) is 18.2 Å². The van der Waals surface area contributed by atoms with Gasteiger partial charge >= 0.3 is 21.1 Å². The molecule has 1 aromatic carbocycles. The number of unbranched alkanes of at least 4 members (excludes halogenated alkanes) is 1. The van der Waals surface area contributed by atoms with Crippen LogP contribution in [0.15, 0.2) is 36.5 Å². The molecule has 0 saturated carbocycles. The Bertz CT molecular complexity index is 460. The molecule has 1 aliphatic rings. The smallest absolute Gasteiger partial charge is 0.697 e. The predicted octanol–water partition coefficient (Wildman–Crippen LogP) is 5.65. The molecule has 2 rings (SSSR count). The number of nitrogens with one attached hydrogen (secondary N) is 1. The Morgan fingerprint density at radius 1 is 1.19 bits per heavy atom. The molecule has 1 N–H and O–H groups in total. The Hall–Kier alpha value is -1.41. The summed E-state index contributed by atoms with van der Waals surface area (Å²) in [5, 5.41) is 6.13. The van der Waals surface area contributed by atoms with E-state index in [0.717, 1.165) is 18.5 Å². The van der Waals surface area contributed by atoms with Crippen LogP contribution in [0.3, 0.4) is 0 Å². The van der Waals surface area contributed by atoms with Crippen LogP contribution in [-0.2, 0) is 25.9 Å². The fourth-order valence-corrected chi connectivity index (χ4v) is 1.43. The molecule has 0 atom stereocenters. The summed E-state index contributed by atoms with van der Waals surface area (Å²) in [6, 6.07) is 9.76. The zero-order chi connectivity index (χ0) is 19.5. The third-order valence-electron chi connectivity index (χ3n) is 2.84. The number of nitrogens with zero attached hydrogens (tertiary/aromatic N) is 1. The maximum Gasteiger partial charge on any atom is 2.00 e. The van der Waals surface area contributed by atoms with Crippen molar-refractivity contribution < 1.29 is 30.7 Å². The molecule has 2 amide bonds. The van der Waals surface area contributed by atoms with Crippen molar-refractivity contribution in [3.05, 3.63) is 53.5 Å². The van der Waals surface area contributed by atoms with Gasteiger partial charge in [0.25, 0.3) is 0 Å². The third kappa shape index (κ3) is 18.9. The maximum atomic E-state index is 10.8. The first-order valence-electron chi connectivity index (χ1n) is 9.05. The van der Waals surface area contributed by atoms with Crippen LogP contribution < -0.4 is 5.32 Å². The fourth-order valence-electron chi connectivity index (χ4n) is 1.43. The van der Waals surface area contributed by atoms with E-state index in [-0.39, 0.29) is 32.9 Å². The second-order valence-corrected chi connectivity index (χ2v) is 5.52. The Labute approximate surface area is 174 Å². The minimum atomic E-state index is -0.222. The minimum Gasteiger partial charge on any atom is -0.697 e. The number of carbonyl (C=O) groups is 2. The summed E-state index contributed by atoms with van der Waals surface area (Å²) in [4.78, 5) is 21.3. The van der Waals surface area contributed by atoms with Crippen molar-refractivity contribution in [1.82, 2.24) is 5.32 Å². The molecule has 1 heterocycles. The van der Waals surface area contributed by atoms with Crippen molar-refractivity contribution in [3.63, 3.8) is 0 Å². The molecule has 0 radical (unpaired) electrons. The van der Waals surface area contributed by atoms with E-state index in [0.29, 0.717) is 12.0 Å². The van der Waals surface area contributed by atoms with Gasteiger partial charge in [-0.15, -0.1) is 42.9 Å². The van der Waals surface area contributed by atoms with Crippen LogP contribution in [0.25, 0.3) is 5.32 Å². The standard InChI is InChI=1S/C8H8NO.C6H9NO.C4H10.C3H8.W/c1-9-8(10)7-5-3-2-4-6-7;1-5-3-2-4-6(8)7-5;1-3-4-2;1-3-2;/h2-5H,1H3,(H,9,10);1-4H2,(H,7,8);3-4H2,1-2H3;3H2,1-2H3;/q-1;;;;+2/p-1. The molecule has 1 aromatic rings. The van der Waals surface area contributed by atoms with Crippen LogP contribution in [0.4, 0.5) is 0 Å². The van der Waals surface area contributed by atoms with Crippen LogP contribution in [-0.4, -0.2) is 18.9 Å². The molecule has 0 aliphatic carbocycles. The van der Waals surface area contributed by atoms with Gasteiger partial charge in [0.1, 0.15) is 0 Å². The summed E-state index contributed by atoms with van der Waals surface area (Å²) in [5.74, 6) is -0.109. The summed E-state index contributed by atoms with van der Waals surface area (Å²) >= 11 is 0.